The third-order valence-corrected chi connectivity index (χ3v) is 3.58. The topological polar surface area (TPSA) is 88.7 Å². The van der Waals surface area contributed by atoms with Gasteiger partial charge in [-0.3, -0.25) is 4.79 Å². The number of hydrogen-bond acceptors (Lipinski definition) is 3. The Balaban J connectivity index is 1.63. The number of rotatable bonds is 4. The molecule has 0 unspecified atom stereocenters. The van der Waals surface area contributed by atoms with Crippen LogP contribution in [-0.4, -0.2) is 20.7 Å². The van der Waals surface area contributed by atoms with Gasteiger partial charge in [0.1, 0.15) is 12.4 Å². The molecule has 3 rings (SSSR count). The second-order valence-corrected chi connectivity index (χ2v) is 5.61. The number of fused-ring (bicyclic) bond motifs is 1. The third-order valence-electron chi connectivity index (χ3n) is 3.34. The Morgan fingerprint density at radius 1 is 1.41 bits per heavy atom. The summed E-state index contributed by atoms with van der Waals surface area (Å²) in [7, 11) is 0. The summed E-state index contributed by atoms with van der Waals surface area (Å²) >= 11 is 5.96. The smallest absolute Gasteiger partial charge is 0.242 e. The van der Waals surface area contributed by atoms with E-state index in [1.54, 1.807) is 6.07 Å². The zero-order chi connectivity index (χ0) is 15.7. The maximum atomic E-state index is 12.0. The second-order valence-electron chi connectivity index (χ2n) is 5.17. The summed E-state index contributed by atoms with van der Waals surface area (Å²) in [4.78, 5) is 15.2. The molecule has 0 spiro atoms. The highest BCUT2D eigenvalue weighted by Gasteiger charge is 2.08. The molecular weight excluding hydrogens is 302 g/mol. The van der Waals surface area contributed by atoms with Gasteiger partial charge in [0.15, 0.2) is 0 Å². The summed E-state index contributed by atoms with van der Waals surface area (Å²) in [5, 5.41) is 8.70. The van der Waals surface area contributed by atoms with Crippen LogP contribution in [-0.2, 0) is 17.9 Å². The number of nitrogens with zero attached hydrogens (tertiary/aromatic N) is 2. The van der Waals surface area contributed by atoms with Gasteiger partial charge in [0.25, 0.3) is 0 Å². The van der Waals surface area contributed by atoms with Crippen LogP contribution in [0, 0.1) is 6.92 Å². The first-order chi connectivity index (χ1) is 10.5. The van der Waals surface area contributed by atoms with Crippen LogP contribution in [0.1, 0.15) is 11.4 Å². The molecule has 4 N–H and O–H groups in total. The maximum Gasteiger partial charge on any atom is 0.242 e. The number of nitrogens with two attached hydrogens (primary N) is 1. The van der Waals surface area contributed by atoms with Gasteiger partial charge in [-0.05, 0) is 31.2 Å². The Kier molecular flexibility index (Phi) is 3.77. The fourth-order valence-electron chi connectivity index (χ4n) is 2.34. The largest absolute Gasteiger partial charge is 0.384 e. The highest BCUT2D eigenvalue weighted by atomic mass is 35.5. The van der Waals surface area contributed by atoms with Crippen LogP contribution < -0.4 is 11.1 Å². The minimum atomic E-state index is -0.147. The van der Waals surface area contributed by atoms with E-state index in [-0.39, 0.29) is 12.5 Å². The number of hydrogen-bond donors (Lipinski definition) is 3. The minimum Gasteiger partial charge on any atom is -0.384 e. The van der Waals surface area contributed by atoms with E-state index < -0.39 is 0 Å². The van der Waals surface area contributed by atoms with Crippen molar-refractivity contribution in [2.24, 2.45) is 0 Å². The van der Waals surface area contributed by atoms with E-state index in [1.807, 2.05) is 31.2 Å². The summed E-state index contributed by atoms with van der Waals surface area (Å²) in [5.74, 6) is 0.333. The van der Waals surface area contributed by atoms with Crippen LogP contribution in [0.15, 0.2) is 30.3 Å². The fraction of sp³-hybridized carbons (Fsp3) is 0.200. The molecule has 7 heteroatoms. The third kappa shape index (κ3) is 3.07. The van der Waals surface area contributed by atoms with Crippen molar-refractivity contribution >= 4 is 34.2 Å². The van der Waals surface area contributed by atoms with E-state index >= 15 is 0 Å². The number of aromatic amines is 1. The number of anilines is 1. The Hall–Kier alpha value is -2.47. The quantitative estimate of drug-likeness (QED) is 0.689. The second kappa shape index (κ2) is 5.73. The number of halogens is 1. The molecule has 0 aliphatic rings. The summed E-state index contributed by atoms with van der Waals surface area (Å²) in [6.45, 7) is 2.34. The van der Waals surface area contributed by atoms with E-state index in [9.17, 15) is 4.79 Å². The van der Waals surface area contributed by atoms with E-state index in [0.29, 0.717) is 17.4 Å². The predicted molar refractivity (Wildman–Crippen MR) is 86.5 cm³/mol. The van der Waals surface area contributed by atoms with E-state index in [4.69, 9.17) is 17.3 Å². The van der Waals surface area contributed by atoms with Gasteiger partial charge in [-0.1, -0.05) is 11.6 Å². The zero-order valence-electron chi connectivity index (χ0n) is 12.1. The lowest BCUT2D eigenvalue weighted by atomic mass is 10.2. The highest BCUT2D eigenvalue weighted by Crippen LogP contribution is 2.19. The number of nitrogens with one attached hydrogen (secondary N) is 2. The molecule has 0 saturated heterocycles. The lowest BCUT2D eigenvalue weighted by molar-refractivity contribution is -0.122. The normalized spacial score (nSPS) is 11.0. The molecule has 1 aromatic carbocycles. The monoisotopic (exact) mass is 317 g/mol. The SMILES string of the molecule is Cc1cc(N)n(CC(=O)NCc2cc3cc(Cl)ccc3[nH]2)n1. The first-order valence-corrected chi connectivity index (χ1v) is 7.23. The summed E-state index contributed by atoms with van der Waals surface area (Å²) in [6.07, 6.45) is 0. The number of aryl methyl sites for hydroxylation is 1. The van der Waals surface area contributed by atoms with Crippen LogP contribution in [0.3, 0.4) is 0 Å². The zero-order valence-corrected chi connectivity index (χ0v) is 12.8. The molecule has 1 amide bonds. The van der Waals surface area contributed by atoms with Crippen LogP contribution in [0.4, 0.5) is 5.82 Å². The molecule has 6 nitrogen and oxygen atoms in total. The molecule has 2 aromatic heterocycles. The van der Waals surface area contributed by atoms with E-state index in [0.717, 1.165) is 22.3 Å². The van der Waals surface area contributed by atoms with Crippen LogP contribution in [0.25, 0.3) is 10.9 Å². The van der Waals surface area contributed by atoms with Crippen molar-refractivity contribution in [3.8, 4) is 0 Å². The average molecular weight is 318 g/mol. The van der Waals surface area contributed by atoms with Crippen LogP contribution >= 0.6 is 11.6 Å². The number of amides is 1. The van der Waals surface area contributed by atoms with Crippen molar-refractivity contribution in [1.82, 2.24) is 20.1 Å². The molecule has 0 saturated carbocycles. The molecule has 0 atom stereocenters. The molecule has 114 valence electrons. The van der Waals surface area contributed by atoms with Gasteiger partial charge < -0.3 is 16.0 Å². The van der Waals surface area contributed by atoms with Crippen molar-refractivity contribution in [3.63, 3.8) is 0 Å². The lowest BCUT2D eigenvalue weighted by Gasteiger charge is -2.05. The Bertz CT molecular complexity index is 836. The van der Waals surface area contributed by atoms with Gasteiger partial charge in [-0.15, -0.1) is 0 Å². The standard InChI is InChI=1S/C15H16ClN5O/c1-9-4-14(17)21(20-9)8-15(22)18-7-12-6-10-5-11(16)2-3-13(10)19-12/h2-6,19H,7-8,17H2,1H3,(H,18,22). The molecule has 2 heterocycles. The Labute approximate surface area is 132 Å². The molecule has 0 fully saturated rings. The molecule has 3 aromatic rings. The minimum absolute atomic E-state index is 0.103. The fourth-order valence-corrected chi connectivity index (χ4v) is 2.52. The van der Waals surface area contributed by atoms with Gasteiger partial charge in [-0.25, -0.2) is 4.68 Å². The molecule has 0 aliphatic heterocycles. The summed E-state index contributed by atoms with van der Waals surface area (Å²) in [6, 6.07) is 9.32. The Morgan fingerprint density at radius 2 is 2.23 bits per heavy atom. The predicted octanol–water partition coefficient (Wildman–Crippen LogP) is 2.22. The van der Waals surface area contributed by atoms with Gasteiger partial charge in [0, 0.05) is 27.7 Å². The van der Waals surface area contributed by atoms with Crippen molar-refractivity contribution in [3.05, 3.63) is 46.7 Å². The summed E-state index contributed by atoms with van der Waals surface area (Å²) in [5.41, 5.74) is 8.45. The molecule has 0 aliphatic carbocycles. The summed E-state index contributed by atoms with van der Waals surface area (Å²) < 4.78 is 1.48. The molecule has 0 radical (unpaired) electrons. The van der Waals surface area contributed by atoms with Crippen LogP contribution in [0.2, 0.25) is 5.02 Å². The number of nitrogen functional groups attached to an aromatic ring is 1. The molecular formula is C15H16ClN5O. The number of carbonyl (C=O) groups excluding carboxylic acids is 1. The van der Waals surface area contributed by atoms with Gasteiger partial charge >= 0.3 is 0 Å². The number of carbonyl (C=O) groups is 1. The lowest BCUT2D eigenvalue weighted by Crippen LogP contribution is -2.28. The molecule has 22 heavy (non-hydrogen) atoms. The Morgan fingerprint density at radius 3 is 2.95 bits per heavy atom. The van der Waals surface area contributed by atoms with Crippen molar-refractivity contribution < 1.29 is 4.79 Å². The number of H-pyrrole nitrogens is 1. The average Bonchev–Trinajstić information content (AvgIpc) is 2.99. The van der Waals surface area contributed by atoms with Gasteiger partial charge in [-0.2, -0.15) is 5.10 Å². The van der Waals surface area contributed by atoms with Crippen molar-refractivity contribution in [2.75, 3.05) is 5.73 Å². The highest BCUT2D eigenvalue weighted by molar-refractivity contribution is 6.31. The van der Waals surface area contributed by atoms with E-state index in [2.05, 4.69) is 15.4 Å². The maximum absolute atomic E-state index is 12.0. The first kappa shape index (κ1) is 14.5. The van der Waals surface area contributed by atoms with Crippen LogP contribution in [0.5, 0.6) is 0 Å². The number of aromatic nitrogens is 3. The first-order valence-electron chi connectivity index (χ1n) is 6.85. The molecule has 0 bridgehead atoms. The van der Waals surface area contributed by atoms with Gasteiger partial charge in [0.05, 0.1) is 12.2 Å². The van der Waals surface area contributed by atoms with E-state index in [1.165, 1.54) is 4.68 Å². The van der Waals surface area contributed by atoms with Crippen molar-refractivity contribution in [2.45, 2.75) is 20.0 Å². The number of benzene rings is 1. The van der Waals surface area contributed by atoms with Gasteiger partial charge in [0.2, 0.25) is 5.91 Å². The van der Waals surface area contributed by atoms with Crippen molar-refractivity contribution in [1.29, 1.82) is 0 Å².